The molecule has 1 aromatic carbocycles. The third kappa shape index (κ3) is 1.69. The minimum Gasteiger partial charge on any atom is -0.292 e. The molecule has 0 unspecified atom stereocenters. The minimum atomic E-state index is -4.40. The predicted molar refractivity (Wildman–Crippen MR) is 67.2 cm³/mol. The third-order valence-electron chi connectivity index (χ3n) is 3.37. The van der Waals surface area contributed by atoms with E-state index in [0.29, 0.717) is 22.4 Å². The molecule has 2 heterocycles. The normalized spacial score (nSPS) is 12.5. The topological polar surface area (TPSA) is 17.3 Å². The number of pyridine rings is 1. The number of imidazole rings is 1. The number of aryl methyl sites for hydroxylation is 2. The van der Waals surface area contributed by atoms with Crippen molar-refractivity contribution in [2.24, 2.45) is 0 Å². The van der Waals surface area contributed by atoms with Crippen LogP contribution in [0, 0.1) is 13.8 Å². The first-order valence-corrected chi connectivity index (χ1v) is 5.84. The van der Waals surface area contributed by atoms with Crippen LogP contribution in [0.1, 0.15) is 17.1 Å². The van der Waals surface area contributed by atoms with Crippen LogP contribution in [0.4, 0.5) is 13.2 Å². The number of alkyl halides is 3. The average molecular weight is 264 g/mol. The highest BCUT2D eigenvalue weighted by molar-refractivity contribution is 5.94. The highest BCUT2D eigenvalue weighted by atomic mass is 19.4. The lowest BCUT2D eigenvalue weighted by molar-refractivity contribution is -0.142. The van der Waals surface area contributed by atoms with Gasteiger partial charge in [-0.05, 0) is 25.3 Å². The van der Waals surface area contributed by atoms with Crippen molar-refractivity contribution in [3.8, 4) is 0 Å². The van der Waals surface area contributed by atoms with Gasteiger partial charge in [-0.3, -0.25) is 4.40 Å². The van der Waals surface area contributed by atoms with E-state index >= 15 is 0 Å². The monoisotopic (exact) mass is 264 g/mol. The van der Waals surface area contributed by atoms with Crippen LogP contribution in [0.2, 0.25) is 0 Å². The Balaban J connectivity index is 2.59. The van der Waals surface area contributed by atoms with Crippen LogP contribution in [0.5, 0.6) is 0 Å². The van der Waals surface area contributed by atoms with Crippen molar-refractivity contribution >= 4 is 16.4 Å². The zero-order chi connectivity index (χ0) is 13.8. The molecular weight excluding hydrogens is 253 g/mol. The van der Waals surface area contributed by atoms with Gasteiger partial charge in [-0.1, -0.05) is 24.3 Å². The molecule has 0 N–H and O–H groups in total. The fourth-order valence-electron chi connectivity index (χ4n) is 2.33. The van der Waals surface area contributed by atoms with Gasteiger partial charge >= 0.3 is 6.18 Å². The summed E-state index contributed by atoms with van der Waals surface area (Å²) in [4.78, 5) is 4.28. The van der Waals surface area contributed by atoms with Gasteiger partial charge in [0.15, 0.2) is 0 Å². The molecule has 0 bridgehead atoms. The van der Waals surface area contributed by atoms with Crippen LogP contribution >= 0.6 is 0 Å². The van der Waals surface area contributed by atoms with Crippen LogP contribution < -0.4 is 0 Å². The van der Waals surface area contributed by atoms with E-state index in [1.807, 2.05) is 0 Å². The second kappa shape index (κ2) is 3.73. The zero-order valence-electron chi connectivity index (χ0n) is 10.4. The molecule has 0 spiro atoms. The van der Waals surface area contributed by atoms with Gasteiger partial charge in [0.2, 0.25) is 0 Å². The highest BCUT2D eigenvalue weighted by Crippen LogP contribution is 2.34. The SMILES string of the molecule is Cc1nc2c3ccccc3cc(C(F)(F)F)n2c1C. The number of benzene rings is 1. The maximum absolute atomic E-state index is 13.2. The van der Waals surface area contributed by atoms with Crippen molar-refractivity contribution in [2.75, 3.05) is 0 Å². The second-order valence-corrected chi connectivity index (χ2v) is 4.56. The van der Waals surface area contributed by atoms with Gasteiger partial charge in [0.1, 0.15) is 11.3 Å². The van der Waals surface area contributed by atoms with E-state index in [-0.39, 0.29) is 0 Å². The van der Waals surface area contributed by atoms with E-state index in [0.717, 1.165) is 5.39 Å². The number of hydrogen-bond acceptors (Lipinski definition) is 1. The van der Waals surface area contributed by atoms with Crippen LogP contribution in [0.25, 0.3) is 16.4 Å². The lowest BCUT2D eigenvalue weighted by Crippen LogP contribution is -2.12. The van der Waals surface area contributed by atoms with E-state index in [9.17, 15) is 13.2 Å². The molecule has 3 rings (SSSR count). The van der Waals surface area contributed by atoms with E-state index in [2.05, 4.69) is 4.98 Å². The fourth-order valence-corrected chi connectivity index (χ4v) is 2.33. The van der Waals surface area contributed by atoms with Crippen LogP contribution in [0.3, 0.4) is 0 Å². The molecule has 2 aromatic heterocycles. The van der Waals surface area contributed by atoms with Gasteiger partial charge in [0.05, 0.1) is 5.69 Å². The lowest BCUT2D eigenvalue weighted by atomic mass is 10.1. The predicted octanol–water partition coefficient (Wildman–Crippen LogP) is 4.12. The Hall–Kier alpha value is -2.04. The molecule has 0 saturated carbocycles. The van der Waals surface area contributed by atoms with Crippen molar-refractivity contribution in [3.05, 3.63) is 47.4 Å². The highest BCUT2D eigenvalue weighted by Gasteiger charge is 2.35. The van der Waals surface area contributed by atoms with Crippen LogP contribution in [0.15, 0.2) is 30.3 Å². The number of halogens is 3. The molecule has 0 saturated heterocycles. The van der Waals surface area contributed by atoms with Gasteiger partial charge in [0.25, 0.3) is 0 Å². The first-order chi connectivity index (χ1) is 8.89. The maximum atomic E-state index is 13.2. The first kappa shape index (κ1) is 12.0. The van der Waals surface area contributed by atoms with Crippen LogP contribution in [-0.4, -0.2) is 9.38 Å². The van der Waals surface area contributed by atoms with Gasteiger partial charge in [-0.15, -0.1) is 0 Å². The molecule has 0 amide bonds. The van der Waals surface area contributed by atoms with E-state index in [1.54, 1.807) is 38.1 Å². The molecule has 0 aliphatic carbocycles. The Morgan fingerprint density at radius 2 is 1.79 bits per heavy atom. The Morgan fingerprint density at radius 3 is 2.47 bits per heavy atom. The van der Waals surface area contributed by atoms with Crippen molar-refractivity contribution in [3.63, 3.8) is 0 Å². The third-order valence-corrected chi connectivity index (χ3v) is 3.37. The molecule has 0 fully saturated rings. The molecule has 0 atom stereocenters. The number of aromatic nitrogens is 2. The Bertz CT molecular complexity index is 785. The van der Waals surface area contributed by atoms with Gasteiger partial charge in [-0.25, -0.2) is 4.98 Å². The van der Waals surface area contributed by atoms with Gasteiger partial charge in [0, 0.05) is 11.1 Å². The van der Waals surface area contributed by atoms with E-state index in [4.69, 9.17) is 0 Å². The summed E-state index contributed by atoms with van der Waals surface area (Å²) in [5, 5.41) is 1.28. The molecule has 0 aliphatic rings. The second-order valence-electron chi connectivity index (χ2n) is 4.56. The molecule has 5 heteroatoms. The molecule has 2 nitrogen and oxygen atoms in total. The number of hydrogen-bond donors (Lipinski definition) is 0. The largest absolute Gasteiger partial charge is 0.431 e. The van der Waals surface area contributed by atoms with Gasteiger partial charge < -0.3 is 0 Å². The zero-order valence-corrected chi connectivity index (χ0v) is 10.4. The van der Waals surface area contributed by atoms with Crippen molar-refractivity contribution in [1.82, 2.24) is 9.38 Å². The molecule has 0 radical (unpaired) electrons. The summed E-state index contributed by atoms with van der Waals surface area (Å²) < 4.78 is 40.8. The Morgan fingerprint density at radius 1 is 1.11 bits per heavy atom. The summed E-state index contributed by atoms with van der Waals surface area (Å²) in [5.74, 6) is 0. The van der Waals surface area contributed by atoms with Crippen molar-refractivity contribution in [1.29, 1.82) is 0 Å². The molecule has 98 valence electrons. The Labute approximate surface area is 107 Å². The van der Waals surface area contributed by atoms with Gasteiger partial charge in [-0.2, -0.15) is 13.2 Å². The van der Waals surface area contributed by atoms with Crippen LogP contribution in [-0.2, 0) is 6.18 Å². The molecule has 19 heavy (non-hydrogen) atoms. The van der Waals surface area contributed by atoms with E-state index in [1.165, 1.54) is 10.5 Å². The average Bonchev–Trinajstić information content (AvgIpc) is 2.64. The minimum absolute atomic E-state index is 0.362. The number of nitrogens with zero attached hydrogens (tertiary/aromatic N) is 2. The summed E-state index contributed by atoms with van der Waals surface area (Å²) in [7, 11) is 0. The first-order valence-electron chi connectivity index (χ1n) is 5.84. The quantitative estimate of drug-likeness (QED) is 0.597. The maximum Gasteiger partial charge on any atom is 0.431 e. The standard InChI is InChI=1S/C14H11F3N2/c1-8-9(2)19-12(14(15,16)17)7-10-5-3-4-6-11(10)13(19)18-8/h3-7H,1-2H3. The van der Waals surface area contributed by atoms with Crippen molar-refractivity contribution < 1.29 is 13.2 Å². The lowest BCUT2D eigenvalue weighted by Gasteiger charge is -2.13. The number of fused-ring (bicyclic) bond motifs is 3. The molecule has 3 aromatic rings. The van der Waals surface area contributed by atoms with E-state index < -0.39 is 11.9 Å². The summed E-state index contributed by atoms with van der Waals surface area (Å²) in [6.07, 6.45) is -4.40. The number of rotatable bonds is 0. The van der Waals surface area contributed by atoms with Crippen molar-refractivity contribution in [2.45, 2.75) is 20.0 Å². The summed E-state index contributed by atoms with van der Waals surface area (Å²) in [5.41, 5.74) is 0.814. The fraction of sp³-hybridized carbons (Fsp3) is 0.214. The molecule has 0 aliphatic heterocycles. The Kier molecular flexibility index (Phi) is 2.36. The summed E-state index contributed by atoms with van der Waals surface area (Å²) >= 11 is 0. The summed E-state index contributed by atoms with van der Waals surface area (Å²) in [6.45, 7) is 3.37. The smallest absolute Gasteiger partial charge is 0.292 e. The summed E-state index contributed by atoms with van der Waals surface area (Å²) in [6, 6.07) is 8.16. The molecular formula is C14H11F3N2.